The molecule has 0 amide bonds. The van der Waals surface area contributed by atoms with Gasteiger partial charge in [0.1, 0.15) is 22.1 Å². The number of nitrogens with one attached hydrogen (secondary N) is 4. The van der Waals surface area contributed by atoms with Crippen molar-refractivity contribution in [1.82, 2.24) is 39.5 Å². The molecule has 0 unspecified atom stereocenters. The Kier molecular flexibility index (Phi) is 9.63. The molecule has 48 heavy (non-hydrogen) atoms. The van der Waals surface area contributed by atoms with Gasteiger partial charge in [-0.15, -0.1) is 0 Å². The lowest BCUT2D eigenvalue weighted by Crippen LogP contribution is -2.23. The maximum atomic E-state index is 12.8. The summed E-state index contributed by atoms with van der Waals surface area (Å²) >= 11 is 0. The zero-order chi connectivity index (χ0) is 34.9. The monoisotopic (exact) mass is 668 g/mol. The number of rotatable bonds is 8. The van der Waals surface area contributed by atoms with Crippen LogP contribution in [0.2, 0.25) is 0 Å². The van der Waals surface area contributed by atoms with Crippen molar-refractivity contribution in [3.05, 3.63) is 124 Å². The standard InChI is InChI=1S/2C16H16F2N4O2/c2*1-8-3-5-10(6-4-8)9(2)22-14-13(11(21-22)7-12(17)18)15(23)20-16(24)19-14/h2*3-6,9,12H,7H2,1-2H3,(H2,19,20,23,24)/t2*9-/m10/s1. The van der Waals surface area contributed by atoms with E-state index in [2.05, 4.69) is 30.1 Å². The average molecular weight is 669 g/mol. The molecule has 2 aromatic carbocycles. The Morgan fingerprint density at radius 2 is 0.917 bits per heavy atom. The quantitative estimate of drug-likeness (QED) is 0.177. The van der Waals surface area contributed by atoms with E-state index in [4.69, 9.17) is 0 Å². The molecule has 0 radical (unpaired) electrons. The van der Waals surface area contributed by atoms with Crippen LogP contribution in [-0.2, 0) is 12.8 Å². The Bertz CT molecular complexity index is 2140. The second kappa shape index (κ2) is 13.7. The molecule has 4 heterocycles. The van der Waals surface area contributed by atoms with Crippen LogP contribution >= 0.6 is 0 Å². The number of hydrogen-bond donors (Lipinski definition) is 4. The minimum absolute atomic E-state index is 0.00568. The van der Waals surface area contributed by atoms with E-state index in [9.17, 15) is 36.7 Å². The van der Waals surface area contributed by atoms with E-state index in [1.54, 1.807) is 0 Å². The number of H-pyrrole nitrogens is 4. The number of benzene rings is 2. The SMILES string of the molecule is Cc1ccc([C@@H](C)n2nc(CC(F)F)c3c(=O)[nH]c(=O)[nH]c32)cc1.Cc1ccc([C@H](C)n2nc(CC(F)F)c3c(=O)[nH]c(=O)[nH]c32)cc1. The van der Waals surface area contributed by atoms with E-state index >= 15 is 0 Å². The maximum Gasteiger partial charge on any atom is 0.327 e. The molecular formula is C32H32F4N8O4. The predicted octanol–water partition coefficient (Wildman–Crippen LogP) is 4.28. The number of aryl methyl sites for hydroxylation is 2. The average Bonchev–Trinajstić information content (AvgIpc) is 3.55. The van der Waals surface area contributed by atoms with Gasteiger partial charge in [-0.3, -0.25) is 29.5 Å². The number of aromatic amines is 4. The third kappa shape index (κ3) is 7.06. The second-order valence-corrected chi connectivity index (χ2v) is 11.4. The first-order valence-corrected chi connectivity index (χ1v) is 14.9. The Morgan fingerprint density at radius 1 is 0.583 bits per heavy atom. The molecule has 0 aliphatic carbocycles. The highest BCUT2D eigenvalue weighted by Gasteiger charge is 2.23. The lowest BCUT2D eigenvalue weighted by atomic mass is 10.1. The van der Waals surface area contributed by atoms with E-state index < -0.39 is 48.2 Å². The third-order valence-corrected chi connectivity index (χ3v) is 7.89. The van der Waals surface area contributed by atoms with Crippen molar-refractivity contribution in [3.8, 4) is 0 Å². The van der Waals surface area contributed by atoms with Crippen LogP contribution in [0.4, 0.5) is 17.6 Å². The van der Waals surface area contributed by atoms with Gasteiger partial charge in [0, 0.05) is 0 Å². The maximum absolute atomic E-state index is 12.8. The van der Waals surface area contributed by atoms with Gasteiger partial charge < -0.3 is 0 Å². The third-order valence-electron chi connectivity index (χ3n) is 7.89. The van der Waals surface area contributed by atoms with Crippen LogP contribution < -0.4 is 22.5 Å². The van der Waals surface area contributed by atoms with Crippen molar-refractivity contribution >= 4 is 22.1 Å². The fourth-order valence-electron chi connectivity index (χ4n) is 5.40. The normalized spacial score (nSPS) is 12.9. The van der Waals surface area contributed by atoms with Gasteiger partial charge in [0.05, 0.1) is 36.3 Å². The van der Waals surface area contributed by atoms with Crippen molar-refractivity contribution in [3.63, 3.8) is 0 Å². The van der Waals surface area contributed by atoms with Crippen molar-refractivity contribution in [2.24, 2.45) is 0 Å². The van der Waals surface area contributed by atoms with E-state index in [1.807, 2.05) is 76.2 Å². The number of hydrogen-bond acceptors (Lipinski definition) is 6. The van der Waals surface area contributed by atoms with Crippen LogP contribution in [-0.4, -0.2) is 52.3 Å². The first-order valence-electron chi connectivity index (χ1n) is 14.9. The molecule has 252 valence electrons. The molecule has 0 aliphatic rings. The van der Waals surface area contributed by atoms with Crippen LogP contribution in [0.3, 0.4) is 0 Å². The summed E-state index contributed by atoms with van der Waals surface area (Å²) < 4.78 is 54.0. The summed E-state index contributed by atoms with van der Waals surface area (Å²) in [4.78, 5) is 56.4. The molecule has 6 aromatic rings. The summed E-state index contributed by atoms with van der Waals surface area (Å²) in [6.45, 7) is 7.55. The summed E-state index contributed by atoms with van der Waals surface area (Å²) in [6, 6.07) is 14.6. The Labute approximate surface area is 268 Å². The Balaban J connectivity index is 0.000000188. The molecule has 2 atom stereocenters. The highest BCUT2D eigenvalue weighted by molar-refractivity contribution is 5.78. The molecule has 0 fully saturated rings. The van der Waals surface area contributed by atoms with Gasteiger partial charge in [-0.2, -0.15) is 10.2 Å². The molecule has 0 saturated carbocycles. The Morgan fingerprint density at radius 3 is 1.23 bits per heavy atom. The smallest absolute Gasteiger partial charge is 0.292 e. The van der Waals surface area contributed by atoms with Crippen molar-refractivity contribution in [2.45, 2.75) is 65.5 Å². The molecule has 4 aromatic heterocycles. The lowest BCUT2D eigenvalue weighted by Gasteiger charge is -2.14. The molecule has 16 heteroatoms. The predicted molar refractivity (Wildman–Crippen MR) is 171 cm³/mol. The molecule has 12 nitrogen and oxygen atoms in total. The number of aromatic nitrogens is 8. The lowest BCUT2D eigenvalue weighted by molar-refractivity contribution is 0.147. The Hall–Kier alpha value is -5.54. The summed E-state index contributed by atoms with van der Waals surface area (Å²) in [5.74, 6) is 0. The molecular weight excluding hydrogens is 636 g/mol. The molecule has 4 N–H and O–H groups in total. The van der Waals surface area contributed by atoms with Gasteiger partial charge in [-0.25, -0.2) is 36.5 Å². The van der Waals surface area contributed by atoms with Crippen LogP contribution in [0.5, 0.6) is 0 Å². The van der Waals surface area contributed by atoms with E-state index in [0.29, 0.717) is 0 Å². The van der Waals surface area contributed by atoms with Crippen LogP contribution in [0.1, 0.15) is 59.6 Å². The van der Waals surface area contributed by atoms with Crippen molar-refractivity contribution in [1.29, 1.82) is 0 Å². The van der Waals surface area contributed by atoms with Crippen LogP contribution in [0.15, 0.2) is 67.7 Å². The largest absolute Gasteiger partial charge is 0.327 e. The van der Waals surface area contributed by atoms with Crippen molar-refractivity contribution in [2.75, 3.05) is 0 Å². The molecule has 0 bridgehead atoms. The summed E-state index contributed by atoms with van der Waals surface area (Å²) in [5.41, 5.74) is 1.33. The zero-order valence-corrected chi connectivity index (χ0v) is 26.3. The first kappa shape index (κ1) is 33.8. The van der Waals surface area contributed by atoms with E-state index in [-0.39, 0.29) is 45.5 Å². The number of alkyl halides is 4. The van der Waals surface area contributed by atoms with Gasteiger partial charge >= 0.3 is 11.4 Å². The first-order chi connectivity index (χ1) is 22.7. The zero-order valence-electron chi connectivity index (χ0n) is 26.3. The van der Waals surface area contributed by atoms with Gasteiger partial charge in [0.15, 0.2) is 0 Å². The molecule has 0 aliphatic heterocycles. The van der Waals surface area contributed by atoms with Gasteiger partial charge in [0.25, 0.3) is 11.1 Å². The highest BCUT2D eigenvalue weighted by Crippen LogP contribution is 2.25. The van der Waals surface area contributed by atoms with Crippen molar-refractivity contribution < 1.29 is 17.6 Å². The molecule has 0 spiro atoms. The van der Waals surface area contributed by atoms with Gasteiger partial charge in [-0.05, 0) is 38.8 Å². The number of fused-ring (bicyclic) bond motifs is 2. The fourth-order valence-corrected chi connectivity index (χ4v) is 5.40. The summed E-state index contributed by atoms with van der Waals surface area (Å²) in [7, 11) is 0. The fraction of sp³-hybridized carbons (Fsp3) is 0.312. The summed E-state index contributed by atoms with van der Waals surface area (Å²) in [5, 5.41) is 8.34. The topological polar surface area (TPSA) is 167 Å². The van der Waals surface area contributed by atoms with Gasteiger partial charge in [0.2, 0.25) is 12.9 Å². The van der Waals surface area contributed by atoms with E-state index in [1.165, 1.54) is 9.36 Å². The van der Waals surface area contributed by atoms with Crippen LogP contribution in [0.25, 0.3) is 22.1 Å². The number of halogens is 4. The minimum atomic E-state index is -2.64. The summed E-state index contributed by atoms with van der Waals surface area (Å²) in [6.07, 6.45) is -6.59. The van der Waals surface area contributed by atoms with Crippen LogP contribution in [0, 0.1) is 13.8 Å². The van der Waals surface area contributed by atoms with E-state index in [0.717, 1.165) is 22.3 Å². The minimum Gasteiger partial charge on any atom is -0.292 e. The van der Waals surface area contributed by atoms with Gasteiger partial charge in [-0.1, -0.05) is 59.7 Å². The second-order valence-electron chi connectivity index (χ2n) is 11.4. The molecule has 0 saturated heterocycles. The highest BCUT2D eigenvalue weighted by atomic mass is 19.3. The molecule has 6 rings (SSSR count). The number of nitrogens with zero attached hydrogens (tertiary/aromatic N) is 4.